The Kier molecular flexibility index (Phi) is 8.89. The van der Waals surface area contributed by atoms with Gasteiger partial charge in [0, 0.05) is 6.54 Å². The number of anilines is 1. The Bertz CT molecular complexity index is 1650. The Morgan fingerprint density at radius 3 is 1.59 bits per heavy atom. The lowest BCUT2D eigenvalue weighted by atomic mass is 9.72. The Labute approximate surface area is 243 Å². The average molecular weight is 628 g/mol. The number of amides is 2. The third-order valence-electron chi connectivity index (χ3n) is 6.60. The maximum Gasteiger partial charge on any atom is 0.411 e. The van der Waals surface area contributed by atoms with Crippen molar-refractivity contribution in [3.63, 3.8) is 0 Å². The highest BCUT2D eigenvalue weighted by atomic mass is 19.4. The minimum atomic E-state index is -6.07. The highest BCUT2D eigenvalue weighted by Crippen LogP contribution is 2.57. The van der Waals surface area contributed by atoms with Gasteiger partial charge in [-0.15, -0.1) is 0 Å². The van der Waals surface area contributed by atoms with Crippen LogP contribution in [0.25, 0.3) is 0 Å². The molecule has 3 aromatic carbocycles. The third kappa shape index (κ3) is 5.82. The van der Waals surface area contributed by atoms with Crippen LogP contribution in [0.3, 0.4) is 0 Å². The second-order valence-corrected chi connectivity index (χ2v) is 9.35. The minimum Gasteiger partial charge on any atom is -0.508 e. The van der Waals surface area contributed by atoms with Gasteiger partial charge in [-0.1, -0.05) is 18.2 Å². The van der Waals surface area contributed by atoms with Crippen LogP contribution >= 0.6 is 0 Å². The molecule has 0 atom stereocenters. The lowest BCUT2D eigenvalue weighted by molar-refractivity contribution is -0.288. The molecule has 0 bridgehead atoms. The molecule has 0 unspecified atom stereocenters. The van der Waals surface area contributed by atoms with Crippen LogP contribution in [0, 0.1) is 6.92 Å². The van der Waals surface area contributed by atoms with E-state index in [1.54, 1.807) is 0 Å². The van der Waals surface area contributed by atoms with Crippen molar-refractivity contribution in [3.05, 3.63) is 87.5 Å². The van der Waals surface area contributed by atoms with E-state index in [9.17, 15) is 65.9 Å². The van der Waals surface area contributed by atoms with Crippen molar-refractivity contribution in [1.29, 1.82) is 0 Å². The summed E-state index contributed by atoms with van der Waals surface area (Å²) in [6.45, 7) is 2.53. The maximum atomic E-state index is 14.6. The molecule has 3 aromatic rings. The number of aromatic hydroxyl groups is 2. The molecule has 3 rings (SSSR count). The number of halogens is 6. The van der Waals surface area contributed by atoms with Crippen LogP contribution in [0.1, 0.15) is 65.0 Å². The van der Waals surface area contributed by atoms with Crippen molar-refractivity contribution < 1.29 is 65.9 Å². The number of alkyl halides is 6. The number of hydrogen-bond acceptors (Lipinski definition) is 6. The number of carboxylic acids is 2. The van der Waals surface area contributed by atoms with Gasteiger partial charge in [0.2, 0.25) is 5.41 Å². The first-order valence-electron chi connectivity index (χ1n) is 12.3. The van der Waals surface area contributed by atoms with E-state index >= 15 is 0 Å². The number of rotatable bonds is 8. The smallest absolute Gasteiger partial charge is 0.411 e. The van der Waals surface area contributed by atoms with Crippen molar-refractivity contribution in [2.75, 3.05) is 11.9 Å². The van der Waals surface area contributed by atoms with Gasteiger partial charge in [-0.05, 0) is 60.9 Å². The number of phenolic OH excluding ortho intramolecular Hbond substituents is 2. The molecule has 44 heavy (non-hydrogen) atoms. The number of phenols is 2. The Balaban J connectivity index is 2.27. The first kappa shape index (κ1) is 33.2. The standard InChI is InChI=1S/C28H22F6N2O8/c1-3-35-22(39)15-10-16(18(25(43)44)11-17(15)24(41)42)23(40)36-19-9-14(5-7-21(19)38)26(27(29,30)31,28(32,33)34)13-4-6-20(37)12(2)8-13/h4-11,37-38H,3H2,1-2H3,(H,35,39)(H,36,40)(H,41,42)(H,43,44). The van der Waals surface area contributed by atoms with Crippen molar-refractivity contribution in [2.45, 2.75) is 31.6 Å². The molecule has 234 valence electrons. The van der Waals surface area contributed by atoms with E-state index < -0.39 is 92.1 Å². The Hall–Kier alpha value is -5.28. The van der Waals surface area contributed by atoms with Crippen molar-refractivity contribution in [3.8, 4) is 11.5 Å². The van der Waals surface area contributed by atoms with E-state index in [-0.39, 0.29) is 18.2 Å². The van der Waals surface area contributed by atoms with E-state index in [0.717, 1.165) is 6.92 Å². The summed E-state index contributed by atoms with van der Waals surface area (Å²) in [6, 6.07) is 3.54. The molecule has 0 aliphatic rings. The molecule has 0 fully saturated rings. The summed E-state index contributed by atoms with van der Waals surface area (Å²) >= 11 is 0. The summed E-state index contributed by atoms with van der Waals surface area (Å²) in [7, 11) is 0. The van der Waals surface area contributed by atoms with Gasteiger partial charge in [0.1, 0.15) is 11.5 Å². The fourth-order valence-corrected chi connectivity index (χ4v) is 4.51. The number of carboxylic acid groups (broad SMARTS) is 2. The van der Waals surface area contributed by atoms with Crippen molar-refractivity contribution >= 4 is 29.4 Å². The predicted molar refractivity (Wildman–Crippen MR) is 140 cm³/mol. The van der Waals surface area contributed by atoms with E-state index in [0.29, 0.717) is 42.5 Å². The molecule has 10 nitrogen and oxygen atoms in total. The minimum absolute atomic E-state index is 0.0124. The second kappa shape index (κ2) is 11.8. The van der Waals surface area contributed by atoms with Gasteiger partial charge >= 0.3 is 24.3 Å². The number of hydrogen-bond donors (Lipinski definition) is 6. The molecule has 0 aliphatic heterocycles. The van der Waals surface area contributed by atoms with E-state index in [1.165, 1.54) is 6.92 Å². The van der Waals surface area contributed by atoms with E-state index in [2.05, 4.69) is 5.32 Å². The number of nitrogens with one attached hydrogen (secondary N) is 2. The molecule has 0 aromatic heterocycles. The lowest BCUT2D eigenvalue weighted by Crippen LogP contribution is -2.54. The zero-order chi connectivity index (χ0) is 33.4. The topological polar surface area (TPSA) is 173 Å². The van der Waals surface area contributed by atoms with Crippen LogP contribution in [-0.4, -0.2) is 63.1 Å². The van der Waals surface area contributed by atoms with Crippen molar-refractivity contribution in [2.24, 2.45) is 0 Å². The van der Waals surface area contributed by atoms with Gasteiger partial charge in [0.15, 0.2) is 0 Å². The molecule has 2 amide bonds. The van der Waals surface area contributed by atoms with Gasteiger partial charge < -0.3 is 31.1 Å². The van der Waals surface area contributed by atoms with Crippen LogP contribution in [0.5, 0.6) is 11.5 Å². The number of carbonyl (C=O) groups excluding carboxylic acids is 2. The van der Waals surface area contributed by atoms with Crippen LogP contribution < -0.4 is 10.6 Å². The monoisotopic (exact) mass is 628 g/mol. The zero-order valence-electron chi connectivity index (χ0n) is 22.5. The molecule has 0 saturated carbocycles. The number of aryl methyl sites for hydroxylation is 1. The third-order valence-corrected chi connectivity index (χ3v) is 6.60. The van der Waals surface area contributed by atoms with Crippen molar-refractivity contribution in [1.82, 2.24) is 5.32 Å². The first-order valence-corrected chi connectivity index (χ1v) is 12.3. The van der Waals surface area contributed by atoms with E-state index in [1.807, 2.05) is 5.32 Å². The lowest BCUT2D eigenvalue weighted by Gasteiger charge is -2.38. The molecule has 0 saturated heterocycles. The molecular weight excluding hydrogens is 606 g/mol. The number of carbonyl (C=O) groups is 4. The summed E-state index contributed by atoms with van der Waals surface area (Å²) in [5, 5.41) is 43.2. The largest absolute Gasteiger partial charge is 0.508 e. The van der Waals surface area contributed by atoms with Gasteiger partial charge in [-0.25, -0.2) is 9.59 Å². The maximum absolute atomic E-state index is 14.6. The summed E-state index contributed by atoms with van der Waals surface area (Å²) in [6.07, 6.45) is -12.1. The molecule has 0 spiro atoms. The van der Waals surface area contributed by atoms with Gasteiger partial charge in [-0.2, -0.15) is 26.3 Å². The van der Waals surface area contributed by atoms with Crippen LogP contribution in [-0.2, 0) is 5.41 Å². The highest BCUT2D eigenvalue weighted by molar-refractivity contribution is 6.15. The number of benzene rings is 3. The number of aromatic carboxylic acids is 2. The van der Waals surface area contributed by atoms with E-state index in [4.69, 9.17) is 0 Å². The van der Waals surface area contributed by atoms with Crippen LogP contribution in [0.4, 0.5) is 32.0 Å². The summed E-state index contributed by atoms with van der Waals surface area (Å²) in [4.78, 5) is 49.1. The zero-order valence-corrected chi connectivity index (χ0v) is 22.5. The molecule has 0 aliphatic carbocycles. The average Bonchev–Trinajstić information content (AvgIpc) is 2.90. The second-order valence-electron chi connectivity index (χ2n) is 9.35. The summed E-state index contributed by atoms with van der Waals surface area (Å²) < 4.78 is 87.5. The summed E-state index contributed by atoms with van der Waals surface area (Å²) in [5.41, 5.74) is -12.3. The molecule has 6 N–H and O–H groups in total. The normalized spacial score (nSPS) is 12.0. The highest BCUT2D eigenvalue weighted by Gasteiger charge is 2.72. The first-order chi connectivity index (χ1) is 20.3. The molecule has 0 heterocycles. The van der Waals surface area contributed by atoms with Gasteiger partial charge in [0.05, 0.1) is 27.9 Å². The van der Waals surface area contributed by atoms with Crippen LogP contribution in [0.2, 0.25) is 0 Å². The van der Waals surface area contributed by atoms with Crippen LogP contribution in [0.15, 0.2) is 48.5 Å². The quantitative estimate of drug-likeness (QED) is 0.146. The fraction of sp³-hybridized carbons (Fsp3) is 0.214. The van der Waals surface area contributed by atoms with Gasteiger partial charge in [0.25, 0.3) is 11.8 Å². The Morgan fingerprint density at radius 2 is 1.14 bits per heavy atom. The SMILES string of the molecule is CCNC(=O)c1cc(C(=O)Nc2cc(C(c3ccc(O)c(C)c3)(C(F)(F)F)C(F)(F)F)ccc2O)c(C(=O)O)cc1C(=O)O. The fourth-order valence-electron chi connectivity index (χ4n) is 4.51. The predicted octanol–water partition coefficient (Wildman–Crippen LogP) is 5.22. The molecular formula is C28H22F6N2O8. The Morgan fingerprint density at radius 1 is 0.682 bits per heavy atom. The molecule has 0 radical (unpaired) electrons. The summed E-state index contributed by atoms with van der Waals surface area (Å²) in [5.74, 6) is -7.78. The molecule has 16 heteroatoms. The van der Waals surface area contributed by atoms with Gasteiger partial charge in [-0.3, -0.25) is 9.59 Å².